The van der Waals surface area contributed by atoms with E-state index in [9.17, 15) is 35.6 Å². The molecule has 0 atom stereocenters. The summed E-state index contributed by atoms with van der Waals surface area (Å²) in [6.07, 6.45) is 0. The van der Waals surface area contributed by atoms with Crippen LogP contribution in [-0.4, -0.2) is 11.3 Å². The smallest absolute Gasteiger partial charge is 0.252 e. The Morgan fingerprint density at radius 2 is 0.523 bits per heavy atom. The summed E-state index contributed by atoms with van der Waals surface area (Å²) in [7, 11) is 0. The lowest BCUT2D eigenvalue weighted by atomic mass is 9.33. The Bertz CT molecular complexity index is 8200. The number of fused-ring (bicyclic) bond motifs is 7. The van der Waals surface area contributed by atoms with Crippen LogP contribution in [0.5, 0.6) is 0 Å². The van der Waals surface area contributed by atoms with Crippen molar-refractivity contribution >= 4 is 79.0 Å². The summed E-state index contributed by atoms with van der Waals surface area (Å²) in [4.78, 5) is 3.76. The summed E-state index contributed by atoms with van der Waals surface area (Å²) < 4.78 is 279. The molecule has 13 aromatic carbocycles. The summed E-state index contributed by atoms with van der Waals surface area (Å²) in [6.45, 7) is 68.5. The minimum absolute atomic E-state index is 0.00327. The third-order valence-corrected chi connectivity index (χ3v) is 25.7. The number of benzene rings is 13. The predicted octanol–water partition coefficient (Wildman–Crippen LogP) is 34.4. The first-order chi connectivity index (χ1) is 70.9. The van der Waals surface area contributed by atoms with Crippen molar-refractivity contribution in [2.24, 2.45) is 0 Å². The lowest BCUT2D eigenvalue weighted by Gasteiger charge is -2.47. The Morgan fingerprint density at radius 3 is 0.854 bits per heavy atom. The van der Waals surface area contributed by atoms with Crippen molar-refractivity contribution < 1.29 is 35.6 Å². The Balaban J connectivity index is 1.36. The van der Waals surface area contributed by atoms with Crippen molar-refractivity contribution in [3.8, 4) is 72.4 Å². The summed E-state index contributed by atoms with van der Waals surface area (Å²) in [5, 5.41) is -0.523. The van der Waals surface area contributed by atoms with Crippen LogP contribution in [0.1, 0.15) is 352 Å². The summed E-state index contributed by atoms with van der Waals surface area (Å²) in [6, 6.07) is 14.6. The van der Waals surface area contributed by atoms with Gasteiger partial charge in [0.05, 0.1) is 58.0 Å². The van der Waals surface area contributed by atoms with Crippen LogP contribution in [0.4, 0.5) is 34.1 Å². The molecule has 670 valence electrons. The van der Waals surface area contributed by atoms with Gasteiger partial charge in [-0.3, -0.25) is 0 Å². The standard InChI is InChI=1S/C126H148BN3/c1-115(2,3)83-56-51-77(52-57-83)94-72-89(121(19,20)21)74-96(110-98(123(25,26)27)45-41-46-99(110)124(28,29)30)113(94)129-106-67-79(80-63-85(117(7,8)9)70-86(64-80)118(10,11)12)55-61-102(106)127-103-62-60-91(128-104-49-39-37-43-92(104)93-44-38-40-50-105(93)128)76-107(103)130(109-69-82(68-108(129)112(109)127)81-65-87(119(13,14)15)71-88(66-81)120(16,17)18)114-95(78-53-58-84(59-54-78)116(4,5)6)73-90(122(22,23)24)75-97(114)111-100(125(31,32)33)47-42-48-101(111)126(34,35)36/h37-76H,1-36H3/i37D,38D,39D,40D,41D,42D,43D,44D,45D,46D,47D,48D,49D,50D,51D,52D,53D,54D,56D,57D,58D,59D,72D,73D,74D,75D. The van der Waals surface area contributed by atoms with Crippen LogP contribution < -0.4 is 26.2 Å². The molecule has 0 N–H and O–H groups in total. The highest BCUT2D eigenvalue weighted by atomic mass is 15.2. The fraction of sp³-hybridized carbons (Fsp3) is 0.381. The van der Waals surface area contributed by atoms with E-state index < -0.39 is 210 Å². The average Bonchev–Trinajstić information content (AvgIpc) is 0.677. The number of hydrogen-bond acceptors (Lipinski definition) is 2. The van der Waals surface area contributed by atoms with Crippen LogP contribution in [-0.2, 0) is 65.0 Å². The molecule has 0 radical (unpaired) electrons. The van der Waals surface area contributed by atoms with Crippen molar-refractivity contribution in [3.05, 3.63) is 309 Å². The molecule has 0 saturated carbocycles. The minimum atomic E-state index is -1.34. The van der Waals surface area contributed by atoms with Gasteiger partial charge in [0.25, 0.3) is 6.71 Å². The summed E-state index contributed by atoms with van der Waals surface area (Å²) >= 11 is 0. The van der Waals surface area contributed by atoms with Gasteiger partial charge in [-0.15, -0.1) is 0 Å². The van der Waals surface area contributed by atoms with E-state index in [4.69, 9.17) is 0 Å². The quantitative estimate of drug-likeness (QED) is 0.133. The molecule has 0 unspecified atom stereocenters. The Kier molecular flexibility index (Phi) is 15.8. The molecule has 3 heterocycles. The summed E-state index contributed by atoms with van der Waals surface area (Å²) in [5.74, 6) is 0. The summed E-state index contributed by atoms with van der Waals surface area (Å²) in [5.41, 5.74) is -5.87. The Morgan fingerprint density at radius 1 is 0.231 bits per heavy atom. The fourth-order valence-corrected chi connectivity index (χ4v) is 18.1. The molecule has 2 aliphatic rings. The lowest BCUT2D eigenvalue weighted by Crippen LogP contribution is -2.61. The van der Waals surface area contributed by atoms with Crippen LogP contribution in [0.25, 0.3) is 94.3 Å². The number of hydrogen-bond donors (Lipinski definition) is 0. The van der Waals surface area contributed by atoms with Gasteiger partial charge in [-0.1, -0.05) is 425 Å². The SMILES string of the molecule is [2H]c1c([2H])c(C(C)(C)C)c(-c2c([2H])c(C(C)(C)C)c([2H])c(-c3c([2H])c([2H])c(C(C)(C)C)c([2H])c3[2H])c2N2c3cc(-c4cc(C(C)(C)C)cc(C(C)(C)C)c4)ccc3B3c4ccc(-n5c6c([2H])c([2H])c([2H])c([2H])c6c6c([2H])c([2H])c([2H])c([2H])c65)cc4N(c4c(-c5c([2H])c([2H])c(C(C)(C)C)c([2H])c5[2H])c([2H])c(C(C)(C)C)c([2H])c4-c4c(C(C)(C)C)c([2H])c([2H])c([2H])c4C(C)(C)C)c4cc(-c5cc(C(C)(C)C)cc(C(C)(C)C)c5)cc2c43)c(C(C)(C)C)c1[2H]. The molecule has 1 aromatic heterocycles. The molecule has 0 amide bonds. The fourth-order valence-electron chi connectivity index (χ4n) is 18.1. The molecule has 0 saturated heterocycles. The van der Waals surface area contributed by atoms with Crippen LogP contribution in [0.3, 0.4) is 0 Å². The van der Waals surface area contributed by atoms with E-state index in [2.05, 4.69) is 119 Å². The van der Waals surface area contributed by atoms with Gasteiger partial charge in [-0.25, -0.2) is 0 Å². The molecule has 2 aliphatic heterocycles. The van der Waals surface area contributed by atoms with Gasteiger partial charge in [0.15, 0.2) is 0 Å². The van der Waals surface area contributed by atoms with E-state index >= 15 is 0 Å². The lowest BCUT2D eigenvalue weighted by molar-refractivity contribution is 0.568. The maximum absolute atomic E-state index is 12.1. The van der Waals surface area contributed by atoms with Crippen molar-refractivity contribution in [2.75, 3.05) is 9.80 Å². The zero-order chi connectivity index (χ0) is 117. The first kappa shape index (κ1) is 65.0. The second kappa shape index (κ2) is 31.5. The van der Waals surface area contributed by atoms with Gasteiger partial charge < -0.3 is 14.4 Å². The number of rotatable bonds is 9. The molecule has 16 rings (SSSR count). The average molecular weight is 1740 g/mol. The molecule has 0 bridgehead atoms. The number of para-hydroxylation sites is 2. The maximum Gasteiger partial charge on any atom is 0.252 e. The van der Waals surface area contributed by atoms with E-state index in [1.165, 1.54) is 4.57 Å². The molecule has 130 heavy (non-hydrogen) atoms. The second-order valence-corrected chi connectivity index (χ2v) is 48.9. The number of nitrogens with zero attached hydrogens (tertiary/aromatic N) is 3. The Hall–Kier alpha value is -10.7. The topological polar surface area (TPSA) is 11.4 Å². The maximum atomic E-state index is 12.1. The van der Waals surface area contributed by atoms with Crippen molar-refractivity contribution in [1.29, 1.82) is 0 Å². The predicted molar refractivity (Wildman–Crippen MR) is 572 cm³/mol. The molecular weight excluding hydrogens is 1570 g/mol. The zero-order valence-corrected chi connectivity index (χ0v) is 84.0. The third kappa shape index (κ3) is 17.0. The van der Waals surface area contributed by atoms with E-state index in [1.54, 1.807) is 64.6 Å². The van der Waals surface area contributed by atoms with Gasteiger partial charge in [0.2, 0.25) is 0 Å². The van der Waals surface area contributed by atoms with Crippen LogP contribution in [0.15, 0.2) is 242 Å². The van der Waals surface area contributed by atoms with Crippen LogP contribution in [0, 0.1) is 0 Å². The molecule has 4 heteroatoms. The molecule has 0 aliphatic carbocycles. The molecule has 0 spiro atoms. The van der Waals surface area contributed by atoms with Gasteiger partial charge >= 0.3 is 0 Å². The normalized spacial score (nSPS) is 16.8. The van der Waals surface area contributed by atoms with E-state index in [1.807, 2.05) is 160 Å². The Labute approximate surface area is 820 Å². The van der Waals surface area contributed by atoms with Crippen LogP contribution in [0.2, 0.25) is 0 Å². The monoisotopic (exact) mass is 1740 g/mol. The van der Waals surface area contributed by atoms with Crippen molar-refractivity contribution in [2.45, 2.75) is 314 Å². The number of anilines is 6. The molecule has 0 fully saturated rings. The largest absolute Gasteiger partial charge is 0.310 e. The molecular formula is C126H148BN3. The van der Waals surface area contributed by atoms with Gasteiger partial charge in [-0.2, -0.15) is 0 Å². The highest BCUT2D eigenvalue weighted by Crippen LogP contribution is 2.60. The first-order valence-corrected chi connectivity index (χ1v) is 46.2. The highest BCUT2D eigenvalue weighted by Gasteiger charge is 2.48. The van der Waals surface area contributed by atoms with Crippen molar-refractivity contribution in [1.82, 2.24) is 4.57 Å². The molecule has 3 nitrogen and oxygen atoms in total. The van der Waals surface area contributed by atoms with Crippen LogP contribution >= 0.6 is 0 Å². The van der Waals surface area contributed by atoms with E-state index in [0.29, 0.717) is 38.8 Å². The number of aromatic nitrogens is 1. The highest BCUT2D eigenvalue weighted by molar-refractivity contribution is 7.00. The van der Waals surface area contributed by atoms with E-state index in [0.717, 1.165) is 27.8 Å². The zero-order valence-electron chi connectivity index (χ0n) is 110. The van der Waals surface area contributed by atoms with Gasteiger partial charge in [0, 0.05) is 61.5 Å². The van der Waals surface area contributed by atoms with Gasteiger partial charge in [0.1, 0.15) is 0 Å². The van der Waals surface area contributed by atoms with E-state index in [-0.39, 0.29) is 164 Å². The first-order valence-electron chi connectivity index (χ1n) is 59.2. The molecule has 14 aromatic rings. The van der Waals surface area contributed by atoms with Crippen molar-refractivity contribution in [3.63, 3.8) is 0 Å². The van der Waals surface area contributed by atoms with Gasteiger partial charge in [-0.05, 0) is 259 Å². The second-order valence-electron chi connectivity index (χ2n) is 48.9. The third-order valence-electron chi connectivity index (χ3n) is 25.7. The minimum Gasteiger partial charge on any atom is -0.310 e.